The van der Waals surface area contributed by atoms with Crippen molar-refractivity contribution in [3.8, 4) is 5.69 Å². The Morgan fingerprint density at radius 1 is 1.19 bits per heavy atom. The van der Waals surface area contributed by atoms with Gasteiger partial charge in [0.2, 0.25) is 0 Å². The van der Waals surface area contributed by atoms with E-state index in [-0.39, 0.29) is 11.9 Å². The number of aryl methyl sites for hydroxylation is 1. The van der Waals surface area contributed by atoms with Crippen molar-refractivity contribution < 1.29 is 4.39 Å². The van der Waals surface area contributed by atoms with Gasteiger partial charge in [0, 0.05) is 0 Å². The molecule has 0 spiro atoms. The molecule has 2 aromatic carbocycles. The standard InChI is InChI=1S/C16H14FN3O/c1-10-5-2-3-8-13(10)20-14(9-18)19-12-7-4-6-11(17)15(12)16(20)21/h2-8H,9,18H2,1H3. The molecule has 1 heterocycles. The van der Waals surface area contributed by atoms with Gasteiger partial charge in [-0.05, 0) is 30.7 Å². The van der Waals surface area contributed by atoms with Gasteiger partial charge < -0.3 is 5.73 Å². The second kappa shape index (κ2) is 5.10. The lowest BCUT2D eigenvalue weighted by Gasteiger charge is -2.14. The summed E-state index contributed by atoms with van der Waals surface area (Å²) in [7, 11) is 0. The van der Waals surface area contributed by atoms with Gasteiger partial charge in [-0.3, -0.25) is 9.36 Å². The lowest BCUT2D eigenvalue weighted by molar-refractivity contribution is 0.636. The number of rotatable bonds is 2. The van der Waals surface area contributed by atoms with Gasteiger partial charge in [-0.25, -0.2) is 9.37 Å². The van der Waals surface area contributed by atoms with Crippen LogP contribution in [0.1, 0.15) is 11.4 Å². The number of para-hydroxylation sites is 1. The second-order valence-corrected chi connectivity index (χ2v) is 4.79. The van der Waals surface area contributed by atoms with Crippen LogP contribution in [0.4, 0.5) is 4.39 Å². The molecule has 0 saturated heterocycles. The highest BCUT2D eigenvalue weighted by atomic mass is 19.1. The van der Waals surface area contributed by atoms with Gasteiger partial charge in [0.15, 0.2) is 0 Å². The average molecular weight is 283 g/mol. The van der Waals surface area contributed by atoms with Crippen molar-refractivity contribution >= 4 is 10.9 Å². The van der Waals surface area contributed by atoms with Gasteiger partial charge in [-0.15, -0.1) is 0 Å². The number of halogens is 1. The molecule has 106 valence electrons. The summed E-state index contributed by atoms with van der Waals surface area (Å²) in [5.74, 6) is -0.164. The lowest BCUT2D eigenvalue weighted by atomic mass is 10.1. The van der Waals surface area contributed by atoms with E-state index in [9.17, 15) is 9.18 Å². The van der Waals surface area contributed by atoms with E-state index in [2.05, 4.69) is 4.98 Å². The minimum absolute atomic E-state index is 0.0158. The topological polar surface area (TPSA) is 60.9 Å². The largest absolute Gasteiger partial charge is 0.324 e. The molecule has 21 heavy (non-hydrogen) atoms. The molecular formula is C16H14FN3O. The Morgan fingerprint density at radius 2 is 1.95 bits per heavy atom. The average Bonchev–Trinajstić information content (AvgIpc) is 2.48. The van der Waals surface area contributed by atoms with Gasteiger partial charge in [0.25, 0.3) is 5.56 Å². The number of aromatic nitrogens is 2. The maximum atomic E-state index is 14.0. The fourth-order valence-corrected chi connectivity index (χ4v) is 2.44. The van der Waals surface area contributed by atoms with Crippen LogP contribution in [-0.2, 0) is 6.54 Å². The summed E-state index contributed by atoms with van der Waals surface area (Å²) in [4.78, 5) is 17.0. The molecule has 0 fully saturated rings. The Hall–Kier alpha value is -2.53. The van der Waals surface area contributed by atoms with Crippen molar-refractivity contribution in [2.45, 2.75) is 13.5 Å². The number of hydrogen-bond acceptors (Lipinski definition) is 3. The van der Waals surface area contributed by atoms with Crippen molar-refractivity contribution in [2.75, 3.05) is 0 Å². The van der Waals surface area contributed by atoms with Crippen molar-refractivity contribution in [3.05, 3.63) is 70.0 Å². The minimum Gasteiger partial charge on any atom is -0.324 e. The Morgan fingerprint density at radius 3 is 2.67 bits per heavy atom. The van der Waals surface area contributed by atoms with E-state index in [0.29, 0.717) is 17.0 Å². The molecule has 0 atom stereocenters. The number of fused-ring (bicyclic) bond motifs is 1. The quantitative estimate of drug-likeness (QED) is 0.785. The highest BCUT2D eigenvalue weighted by Gasteiger charge is 2.15. The first kappa shape index (κ1) is 13.5. The van der Waals surface area contributed by atoms with Crippen LogP contribution in [0.2, 0.25) is 0 Å². The monoisotopic (exact) mass is 283 g/mol. The third kappa shape index (κ3) is 2.11. The molecule has 0 saturated carbocycles. The van der Waals surface area contributed by atoms with Gasteiger partial charge >= 0.3 is 0 Å². The zero-order valence-corrected chi connectivity index (χ0v) is 11.5. The second-order valence-electron chi connectivity index (χ2n) is 4.79. The summed E-state index contributed by atoms with van der Waals surface area (Å²) >= 11 is 0. The van der Waals surface area contributed by atoms with Crippen LogP contribution < -0.4 is 11.3 Å². The Labute approximate surface area is 120 Å². The third-order valence-electron chi connectivity index (χ3n) is 3.46. The van der Waals surface area contributed by atoms with Crippen LogP contribution >= 0.6 is 0 Å². The van der Waals surface area contributed by atoms with Gasteiger partial charge in [0.05, 0.1) is 17.7 Å². The first-order valence-corrected chi connectivity index (χ1v) is 6.59. The van der Waals surface area contributed by atoms with Crippen LogP contribution in [0.15, 0.2) is 47.3 Å². The van der Waals surface area contributed by atoms with Gasteiger partial charge in [-0.1, -0.05) is 24.3 Å². The molecule has 0 radical (unpaired) electrons. The summed E-state index contributed by atoms with van der Waals surface area (Å²) in [6, 6.07) is 11.8. The molecule has 0 amide bonds. The molecular weight excluding hydrogens is 269 g/mol. The smallest absolute Gasteiger partial charge is 0.269 e. The Kier molecular flexibility index (Phi) is 3.27. The molecule has 0 unspecified atom stereocenters. The summed E-state index contributed by atoms with van der Waals surface area (Å²) < 4.78 is 15.4. The fraction of sp³-hybridized carbons (Fsp3) is 0.125. The van der Waals surface area contributed by atoms with Crippen LogP contribution in [0.25, 0.3) is 16.6 Å². The molecule has 0 aliphatic carbocycles. The number of nitrogens with zero attached hydrogens (tertiary/aromatic N) is 2. The molecule has 0 bridgehead atoms. The molecule has 3 aromatic rings. The van der Waals surface area contributed by atoms with Crippen LogP contribution in [0, 0.1) is 12.7 Å². The predicted octanol–water partition coefficient (Wildman–Crippen LogP) is 2.29. The van der Waals surface area contributed by atoms with E-state index in [1.54, 1.807) is 12.1 Å². The van der Waals surface area contributed by atoms with E-state index >= 15 is 0 Å². The summed E-state index contributed by atoms with van der Waals surface area (Å²) in [6.07, 6.45) is 0. The number of nitrogens with two attached hydrogens (primary N) is 1. The van der Waals surface area contributed by atoms with E-state index in [1.165, 1.54) is 16.7 Å². The van der Waals surface area contributed by atoms with Crippen molar-refractivity contribution in [1.82, 2.24) is 9.55 Å². The molecule has 3 rings (SSSR count). The molecule has 4 nitrogen and oxygen atoms in total. The van der Waals surface area contributed by atoms with Crippen molar-refractivity contribution in [1.29, 1.82) is 0 Å². The van der Waals surface area contributed by atoms with Crippen molar-refractivity contribution in [3.63, 3.8) is 0 Å². The number of benzene rings is 2. The molecule has 5 heteroatoms. The summed E-state index contributed by atoms with van der Waals surface area (Å²) in [5, 5.41) is -0.0158. The predicted molar refractivity (Wildman–Crippen MR) is 79.9 cm³/mol. The Balaban J connectivity index is 2.48. The maximum absolute atomic E-state index is 14.0. The first-order chi connectivity index (χ1) is 10.1. The highest BCUT2D eigenvalue weighted by Crippen LogP contribution is 2.17. The number of hydrogen-bond donors (Lipinski definition) is 1. The molecule has 2 N–H and O–H groups in total. The molecule has 0 aliphatic heterocycles. The van der Waals surface area contributed by atoms with Crippen LogP contribution in [-0.4, -0.2) is 9.55 Å². The molecule has 0 aliphatic rings. The van der Waals surface area contributed by atoms with Gasteiger partial charge in [0.1, 0.15) is 17.0 Å². The zero-order chi connectivity index (χ0) is 15.0. The highest BCUT2D eigenvalue weighted by molar-refractivity contribution is 5.78. The van der Waals surface area contributed by atoms with E-state index in [1.807, 2.05) is 25.1 Å². The summed E-state index contributed by atoms with van der Waals surface area (Å²) in [5.41, 5.74) is 7.17. The first-order valence-electron chi connectivity index (χ1n) is 6.59. The van der Waals surface area contributed by atoms with Gasteiger partial charge in [-0.2, -0.15) is 0 Å². The maximum Gasteiger partial charge on any atom is 0.269 e. The van der Waals surface area contributed by atoms with Crippen LogP contribution in [0.3, 0.4) is 0 Å². The van der Waals surface area contributed by atoms with E-state index in [0.717, 1.165) is 5.56 Å². The van der Waals surface area contributed by atoms with Crippen molar-refractivity contribution in [2.24, 2.45) is 5.73 Å². The third-order valence-corrected chi connectivity index (χ3v) is 3.46. The van der Waals surface area contributed by atoms with Crippen LogP contribution in [0.5, 0.6) is 0 Å². The summed E-state index contributed by atoms with van der Waals surface area (Å²) in [6.45, 7) is 1.98. The SMILES string of the molecule is Cc1ccccc1-n1c(CN)nc2cccc(F)c2c1=O. The van der Waals surface area contributed by atoms with E-state index in [4.69, 9.17) is 5.73 Å². The lowest BCUT2D eigenvalue weighted by Crippen LogP contribution is -2.26. The minimum atomic E-state index is -0.573. The fourth-order valence-electron chi connectivity index (χ4n) is 2.44. The Bertz CT molecular complexity index is 886. The molecule has 1 aromatic heterocycles. The van der Waals surface area contributed by atoms with E-state index < -0.39 is 11.4 Å². The normalized spacial score (nSPS) is 11.0. The zero-order valence-electron chi connectivity index (χ0n) is 11.5.